The molecule has 1 saturated heterocycles. The summed E-state index contributed by atoms with van der Waals surface area (Å²) >= 11 is 16.7. The normalized spacial score (nSPS) is 20.6. The minimum absolute atomic E-state index is 0.0408. The molecule has 0 N–H and O–H groups in total. The number of carbonyl (C=O) groups is 3. The maximum absolute atomic E-state index is 15.8. The van der Waals surface area contributed by atoms with Gasteiger partial charge in [0.1, 0.15) is 30.5 Å². The monoisotopic (exact) mass is 540 g/mol. The standard InChI is InChI=1S/C22H28Cl3FN2O6/c1-20(2,3)34-19(31)28-13-21(26,12-27(4)18(30)33-14-22(23,24)25)10-16(28)17(29)32-11-15-8-6-5-7-9-15/h5-9,16H,10-14H2,1-4H3/t16-,21-/m0/s1. The Morgan fingerprint density at radius 3 is 2.32 bits per heavy atom. The predicted molar refractivity (Wildman–Crippen MR) is 126 cm³/mol. The highest BCUT2D eigenvalue weighted by molar-refractivity contribution is 6.67. The van der Waals surface area contributed by atoms with Crippen molar-refractivity contribution in [1.82, 2.24) is 9.80 Å². The van der Waals surface area contributed by atoms with Gasteiger partial charge in [-0.25, -0.2) is 18.8 Å². The van der Waals surface area contributed by atoms with Gasteiger partial charge >= 0.3 is 18.2 Å². The number of rotatable bonds is 6. The number of likely N-dealkylation sites (tertiary alicyclic amines) is 1. The van der Waals surface area contributed by atoms with E-state index in [1.54, 1.807) is 45.0 Å². The fourth-order valence-corrected chi connectivity index (χ4v) is 3.51. The van der Waals surface area contributed by atoms with Crippen LogP contribution in [0.1, 0.15) is 32.8 Å². The van der Waals surface area contributed by atoms with Crippen molar-refractivity contribution < 1.29 is 33.0 Å². The van der Waals surface area contributed by atoms with Gasteiger partial charge in [-0.05, 0) is 26.3 Å². The van der Waals surface area contributed by atoms with Crippen molar-refractivity contribution in [2.45, 2.75) is 54.9 Å². The van der Waals surface area contributed by atoms with E-state index in [0.29, 0.717) is 0 Å². The molecule has 0 spiro atoms. The zero-order valence-electron chi connectivity index (χ0n) is 19.4. The summed E-state index contributed by atoms with van der Waals surface area (Å²) in [6, 6.07) is 7.69. The molecule has 1 aliphatic heterocycles. The number of halogens is 4. The van der Waals surface area contributed by atoms with Gasteiger partial charge in [0, 0.05) is 13.5 Å². The van der Waals surface area contributed by atoms with E-state index in [0.717, 1.165) is 15.4 Å². The molecule has 2 amide bonds. The molecule has 0 aromatic heterocycles. The molecule has 1 fully saturated rings. The van der Waals surface area contributed by atoms with E-state index < -0.39 is 65.4 Å². The quantitative estimate of drug-likeness (QED) is 0.290. The highest BCUT2D eigenvalue weighted by atomic mass is 35.6. The molecule has 0 radical (unpaired) electrons. The summed E-state index contributed by atoms with van der Waals surface area (Å²) in [7, 11) is 1.29. The van der Waals surface area contributed by atoms with Crippen molar-refractivity contribution in [1.29, 1.82) is 0 Å². The molecular formula is C22H28Cl3FN2O6. The van der Waals surface area contributed by atoms with Gasteiger partial charge in [0.2, 0.25) is 3.79 Å². The number of hydrogen-bond acceptors (Lipinski definition) is 6. The summed E-state index contributed by atoms with van der Waals surface area (Å²) in [4.78, 5) is 39.7. The molecule has 0 saturated carbocycles. The van der Waals surface area contributed by atoms with Crippen molar-refractivity contribution in [2.75, 3.05) is 26.7 Å². The Labute approximate surface area is 213 Å². The number of ether oxygens (including phenoxy) is 3. The van der Waals surface area contributed by atoms with Crippen LogP contribution in [0.2, 0.25) is 0 Å². The Kier molecular flexibility index (Phi) is 9.30. The first-order chi connectivity index (χ1) is 15.6. The molecule has 1 aromatic rings. The third kappa shape index (κ3) is 9.00. The molecule has 12 heteroatoms. The summed E-state index contributed by atoms with van der Waals surface area (Å²) < 4.78 is 29.6. The van der Waals surface area contributed by atoms with Gasteiger partial charge in [-0.2, -0.15) is 0 Å². The van der Waals surface area contributed by atoms with Crippen LogP contribution in [0.3, 0.4) is 0 Å². The number of alkyl halides is 4. The van der Waals surface area contributed by atoms with Crippen LogP contribution >= 0.6 is 34.8 Å². The maximum atomic E-state index is 15.8. The van der Waals surface area contributed by atoms with Crippen LogP contribution in [0.4, 0.5) is 14.0 Å². The third-order valence-electron chi connectivity index (χ3n) is 4.70. The molecule has 2 rings (SSSR count). The lowest BCUT2D eigenvalue weighted by Gasteiger charge is -2.28. The van der Waals surface area contributed by atoms with Gasteiger partial charge in [0.25, 0.3) is 0 Å². The lowest BCUT2D eigenvalue weighted by molar-refractivity contribution is -0.150. The minimum Gasteiger partial charge on any atom is -0.459 e. The second kappa shape index (κ2) is 11.2. The number of hydrogen-bond donors (Lipinski definition) is 0. The molecule has 8 nitrogen and oxygen atoms in total. The fourth-order valence-electron chi connectivity index (χ4n) is 3.34. The average Bonchev–Trinajstić information content (AvgIpc) is 3.06. The van der Waals surface area contributed by atoms with Crippen LogP contribution in [-0.2, 0) is 25.6 Å². The Bertz CT molecular complexity index is 878. The Hall–Kier alpha value is -1.97. The van der Waals surface area contributed by atoms with Crippen LogP contribution in [0.25, 0.3) is 0 Å². The first-order valence-corrected chi connectivity index (χ1v) is 11.6. The summed E-state index contributed by atoms with van der Waals surface area (Å²) in [5, 5.41) is 0. The number of amides is 2. The van der Waals surface area contributed by atoms with Crippen LogP contribution in [-0.4, -0.2) is 75.8 Å². The molecule has 34 heavy (non-hydrogen) atoms. The van der Waals surface area contributed by atoms with Gasteiger partial charge in [0.05, 0.1) is 13.1 Å². The molecule has 190 valence electrons. The summed E-state index contributed by atoms with van der Waals surface area (Å²) in [6.45, 7) is 3.42. The smallest absolute Gasteiger partial charge is 0.411 e. The zero-order chi connectivity index (χ0) is 25.7. The van der Waals surface area contributed by atoms with Crippen LogP contribution in [0.5, 0.6) is 0 Å². The summed E-state index contributed by atoms with van der Waals surface area (Å²) in [5.41, 5.74) is -2.27. The second-order valence-corrected chi connectivity index (χ2v) is 11.6. The fraction of sp³-hybridized carbons (Fsp3) is 0.591. The first kappa shape index (κ1) is 28.3. The van der Waals surface area contributed by atoms with Crippen molar-refractivity contribution in [2.24, 2.45) is 0 Å². The Morgan fingerprint density at radius 1 is 1.15 bits per heavy atom. The minimum atomic E-state index is -2.14. The number of benzene rings is 1. The molecular weight excluding hydrogens is 514 g/mol. The lowest BCUT2D eigenvalue weighted by Crippen LogP contribution is -2.46. The Morgan fingerprint density at radius 2 is 1.76 bits per heavy atom. The van der Waals surface area contributed by atoms with Crippen LogP contribution < -0.4 is 0 Å². The van der Waals surface area contributed by atoms with Crippen molar-refractivity contribution in [3.63, 3.8) is 0 Å². The highest BCUT2D eigenvalue weighted by Gasteiger charge is 2.52. The molecule has 0 aliphatic carbocycles. The second-order valence-electron chi connectivity index (χ2n) is 9.10. The van der Waals surface area contributed by atoms with E-state index in [4.69, 9.17) is 49.0 Å². The first-order valence-electron chi connectivity index (χ1n) is 10.4. The molecule has 0 bridgehead atoms. The van der Waals surface area contributed by atoms with E-state index in [2.05, 4.69) is 0 Å². The largest absolute Gasteiger partial charge is 0.459 e. The van der Waals surface area contributed by atoms with Crippen LogP contribution in [0.15, 0.2) is 30.3 Å². The van der Waals surface area contributed by atoms with Crippen molar-refractivity contribution in [3.8, 4) is 0 Å². The topological polar surface area (TPSA) is 85.4 Å². The van der Waals surface area contributed by atoms with E-state index in [-0.39, 0.29) is 6.61 Å². The molecule has 1 aromatic carbocycles. The van der Waals surface area contributed by atoms with E-state index >= 15 is 4.39 Å². The molecule has 1 aliphatic rings. The SMILES string of the molecule is CN(C[C@@]1(F)C[C@@H](C(=O)OCc2ccccc2)N(C(=O)OC(C)(C)C)C1)C(=O)OCC(Cl)(Cl)Cl. The summed E-state index contributed by atoms with van der Waals surface area (Å²) in [6.07, 6.45) is -2.19. The van der Waals surface area contributed by atoms with Crippen molar-refractivity contribution >= 4 is 53.0 Å². The Balaban J connectivity index is 2.12. The lowest BCUT2D eigenvalue weighted by atomic mass is 10.0. The summed E-state index contributed by atoms with van der Waals surface area (Å²) in [5.74, 6) is -0.782. The average molecular weight is 542 g/mol. The maximum Gasteiger partial charge on any atom is 0.411 e. The highest BCUT2D eigenvalue weighted by Crippen LogP contribution is 2.34. The number of esters is 1. The van der Waals surface area contributed by atoms with E-state index in [9.17, 15) is 14.4 Å². The zero-order valence-corrected chi connectivity index (χ0v) is 21.6. The molecule has 2 atom stereocenters. The molecule has 1 heterocycles. The number of nitrogens with zero attached hydrogens (tertiary/aromatic N) is 2. The van der Waals surface area contributed by atoms with E-state index in [1.807, 2.05) is 6.07 Å². The van der Waals surface area contributed by atoms with Gasteiger partial charge < -0.3 is 19.1 Å². The molecule has 0 unspecified atom stereocenters. The van der Waals surface area contributed by atoms with Gasteiger partial charge in [-0.15, -0.1) is 0 Å². The predicted octanol–water partition coefficient (Wildman–Crippen LogP) is 4.89. The number of carbonyl (C=O) groups excluding carboxylic acids is 3. The van der Waals surface area contributed by atoms with Crippen LogP contribution in [0, 0.1) is 0 Å². The van der Waals surface area contributed by atoms with Gasteiger partial charge in [-0.1, -0.05) is 65.1 Å². The van der Waals surface area contributed by atoms with Crippen molar-refractivity contribution in [3.05, 3.63) is 35.9 Å². The van der Waals surface area contributed by atoms with Gasteiger partial charge in [0.15, 0.2) is 0 Å². The van der Waals surface area contributed by atoms with E-state index in [1.165, 1.54) is 7.05 Å². The third-order valence-corrected chi connectivity index (χ3v) is 5.03. The van der Waals surface area contributed by atoms with Gasteiger partial charge in [-0.3, -0.25) is 4.90 Å².